The van der Waals surface area contributed by atoms with Crippen LogP contribution in [-0.4, -0.2) is 27.7 Å². The van der Waals surface area contributed by atoms with Gasteiger partial charge in [-0.15, -0.1) is 0 Å². The third-order valence-electron chi connectivity index (χ3n) is 3.36. The van der Waals surface area contributed by atoms with Crippen LogP contribution in [0.1, 0.15) is 5.56 Å². The highest BCUT2D eigenvalue weighted by molar-refractivity contribution is 8.09. The Labute approximate surface area is 132 Å². The maximum Gasteiger partial charge on any atom is 0.139 e. The van der Waals surface area contributed by atoms with Crippen molar-refractivity contribution in [2.45, 2.75) is 22.3 Å². The Kier molecular flexibility index (Phi) is 4.75. The molecule has 1 aliphatic rings. The molecule has 0 spiro atoms. The zero-order valence-electron chi connectivity index (χ0n) is 11.8. The summed E-state index contributed by atoms with van der Waals surface area (Å²) in [6, 6.07) is 18.2. The molecule has 1 aliphatic heterocycles. The van der Waals surface area contributed by atoms with Gasteiger partial charge in [0.25, 0.3) is 0 Å². The lowest BCUT2D eigenvalue weighted by molar-refractivity contribution is 0.159. The SMILES string of the molecule is COC[C@H](Cc1ccccc1)N1Sc2ccccc2S1=O. The van der Waals surface area contributed by atoms with Crippen LogP contribution in [0.5, 0.6) is 0 Å². The number of rotatable bonds is 5. The van der Waals surface area contributed by atoms with Crippen molar-refractivity contribution in [2.24, 2.45) is 0 Å². The standard InChI is InChI=1S/C16H17NO2S2/c1-19-12-14(11-13-7-3-2-4-8-13)17-20-15-9-5-6-10-16(15)21(17)18/h2-10,14H,11-12H2,1H3/t14-,21?/m0/s1. The molecular formula is C16H17NO2S2. The molecule has 0 fully saturated rings. The van der Waals surface area contributed by atoms with E-state index in [0.717, 1.165) is 16.2 Å². The Morgan fingerprint density at radius 2 is 1.86 bits per heavy atom. The Morgan fingerprint density at radius 1 is 1.14 bits per heavy atom. The second kappa shape index (κ2) is 6.75. The molecular weight excluding hydrogens is 302 g/mol. The van der Waals surface area contributed by atoms with Crippen molar-refractivity contribution >= 4 is 22.9 Å². The summed E-state index contributed by atoms with van der Waals surface area (Å²) in [7, 11) is 0.565. The number of hydrogen-bond donors (Lipinski definition) is 0. The van der Waals surface area contributed by atoms with Crippen LogP contribution in [0.2, 0.25) is 0 Å². The Bertz CT molecular complexity index is 633. The van der Waals surface area contributed by atoms with Crippen LogP contribution in [0.15, 0.2) is 64.4 Å². The fourth-order valence-electron chi connectivity index (χ4n) is 2.38. The molecule has 2 atom stereocenters. The van der Waals surface area contributed by atoms with Crippen LogP contribution in [-0.2, 0) is 22.1 Å². The minimum atomic E-state index is -1.12. The Morgan fingerprint density at radius 3 is 2.57 bits per heavy atom. The predicted octanol–water partition coefficient (Wildman–Crippen LogP) is 3.29. The van der Waals surface area contributed by atoms with Gasteiger partial charge in [0.2, 0.25) is 0 Å². The van der Waals surface area contributed by atoms with Gasteiger partial charge in [0, 0.05) is 12.0 Å². The maximum atomic E-state index is 12.7. The molecule has 2 aromatic rings. The molecule has 1 heterocycles. The number of fused-ring (bicyclic) bond motifs is 1. The maximum absolute atomic E-state index is 12.7. The van der Waals surface area contributed by atoms with Crippen molar-refractivity contribution in [3.8, 4) is 0 Å². The number of nitrogens with zero attached hydrogens (tertiary/aromatic N) is 1. The molecule has 3 nitrogen and oxygen atoms in total. The van der Waals surface area contributed by atoms with Crippen molar-refractivity contribution in [1.82, 2.24) is 3.71 Å². The van der Waals surface area contributed by atoms with E-state index < -0.39 is 11.0 Å². The largest absolute Gasteiger partial charge is 0.383 e. The van der Waals surface area contributed by atoms with Gasteiger partial charge in [-0.1, -0.05) is 42.5 Å². The molecule has 0 saturated carbocycles. The highest BCUT2D eigenvalue weighted by Gasteiger charge is 2.33. The molecule has 3 rings (SSSR count). The third-order valence-corrected chi connectivity index (χ3v) is 6.51. The number of hydrogen-bond acceptors (Lipinski definition) is 3. The molecule has 0 aromatic heterocycles. The average molecular weight is 319 g/mol. The molecule has 0 saturated heterocycles. The zero-order valence-corrected chi connectivity index (χ0v) is 13.4. The van der Waals surface area contributed by atoms with Crippen molar-refractivity contribution < 1.29 is 8.95 Å². The molecule has 5 heteroatoms. The van der Waals surface area contributed by atoms with Gasteiger partial charge in [-0.05, 0) is 36.1 Å². The van der Waals surface area contributed by atoms with E-state index in [0.29, 0.717) is 6.61 Å². The van der Waals surface area contributed by atoms with Crippen molar-refractivity contribution in [3.63, 3.8) is 0 Å². The first-order valence-corrected chi connectivity index (χ1v) is 8.68. The van der Waals surface area contributed by atoms with Crippen molar-refractivity contribution in [2.75, 3.05) is 13.7 Å². The Balaban J connectivity index is 1.81. The van der Waals surface area contributed by atoms with Gasteiger partial charge in [0.1, 0.15) is 11.0 Å². The number of methoxy groups -OCH3 is 1. The topological polar surface area (TPSA) is 29.5 Å². The molecule has 0 aliphatic carbocycles. The third kappa shape index (κ3) is 3.21. The van der Waals surface area contributed by atoms with Gasteiger partial charge in [-0.25, -0.2) is 4.21 Å². The minimum absolute atomic E-state index is 0.0793. The van der Waals surface area contributed by atoms with Crippen LogP contribution >= 0.6 is 11.9 Å². The summed E-state index contributed by atoms with van der Waals surface area (Å²) in [5, 5.41) is 0. The second-order valence-corrected chi connectivity index (χ2v) is 7.45. The average Bonchev–Trinajstić information content (AvgIpc) is 2.85. The van der Waals surface area contributed by atoms with Crippen LogP contribution in [0.25, 0.3) is 0 Å². The fraction of sp³-hybridized carbons (Fsp3) is 0.250. The normalized spacial score (nSPS) is 19.4. The lowest BCUT2D eigenvalue weighted by Gasteiger charge is -2.24. The molecule has 0 radical (unpaired) electrons. The van der Waals surface area contributed by atoms with E-state index in [9.17, 15) is 4.21 Å². The van der Waals surface area contributed by atoms with Gasteiger partial charge in [0.15, 0.2) is 0 Å². The zero-order chi connectivity index (χ0) is 14.7. The molecule has 0 bridgehead atoms. The van der Waals surface area contributed by atoms with Crippen LogP contribution < -0.4 is 0 Å². The van der Waals surface area contributed by atoms with E-state index in [1.54, 1.807) is 19.1 Å². The van der Waals surface area contributed by atoms with E-state index in [2.05, 4.69) is 12.1 Å². The molecule has 110 valence electrons. The summed E-state index contributed by atoms with van der Waals surface area (Å²) in [6.45, 7) is 0.557. The Hall–Kier alpha value is -1.14. The monoisotopic (exact) mass is 319 g/mol. The van der Waals surface area contributed by atoms with E-state index >= 15 is 0 Å². The van der Waals surface area contributed by atoms with Gasteiger partial charge < -0.3 is 4.74 Å². The predicted molar refractivity (Wildman–Crippen MR) is 86.4 cm³/mol. The van der Waals surface area contributed by atoms with E-state index in [1.165, 1.54) is 5.56 Å². The highest BCUT2D eigenvalue weighted by Crippen LogP contribution is 2.41. The lowest BCUT2D eigenvalue weighted by atomic mass is 10.1. The van der Waals surface area contributed by atoms with Gasteiger partial charge in [-0.2, -0.15) is 3.71 Å². The summed E-state index contributed by atoms with van der Waals surface area (Å²) in [5.74, 6) is 0. The van der Waals surface area contributed by atoms with Crippen LogP contribution in [0.4, 0.5) is 0 Å². The lowest BCUT2D eigenvalue weighted by Crippen LogP contribution is -2.34. The van der Waals surface area contributed by atoms with E-state index in [-0.39, 0.29) is 6.04 Å². The summed E-state index contributed by atoms with van der Waals surface area (Å²) < 4.78 is 20.0. The molecule has 1 unspecified atom stereocenters. The molecule has 21 heavy (non-hydrogen) atoms. The quantitative estimate of drug-likeness (QED) is 0.792. The van der Waals surface area contributed by atoms with Gasteiger partial charge in [-0.3, -0.25) is 0 Å². The van der Waals surface area contributed by atoms with Gasteiger partial charge in [0.05, 0.1) is 17.5 Å². The first-order chi connectivity index (χ1) is 10.3. The van der Waals surface area contributed by atoms with Crippen LogP contribution in [0, 0.1) is 0 Å². The molecule has 0 N–H and O–H groups in total. The summed E-state index contributed by atoms with van der Waals surface area (Å²) >= 11 is 1.56. The number of ether oxygens (including phenoxy) is 1. The molecule has 2 aromatic carbocycles. The minimum Gasteiger partial charge on any atom is -0.383 e. The number of benzene rings is 2. The molecule has 0 amide bonds. The smallest absolute Gasteiger partial charge is 0.139 e. The summed E-state index contributed by atoms with van der Waals surface area (Å²) in [4.78, 5) is 1.97. The van der Waals surface area contributed by atoms with E-state index in [4.69, 9.17) is 4.74 Å². The first kappa shape index (κ1) is 14.8. The van der Waals surface area contributed by atoms with Crippen LogP contribution in [0.3, 0.4) is 0 Å². The summed E-state index contributed by atoms with van der Waals surface area (Å²) in [6.07, 6.45) is 0.821. The second-order valence-electron chi connectivity index (χ2n) is 4.87. The van der Waals surface area contributed by atoms with Crippen molar-refractivity contribution in [1.29, 1.82) is 0 Å². The summed E-state index contributed by atoms with van der Waals surface area (Å²) in [5.41, 5.74) is 1.23. The van der Waals surface area contributed by atoms with Gasteiger partial charge >= 0.3 is 0 Å². The first-order valence-electron chi connectivity index (χ1n) is 6.80. The fourth-order valence-corrected chi connectivity index (χ4v) is 5.27. The highest BCUT2D eigenvalue weighted by atomic mass is 32.2. The van der Waals surface area contributed by atoms with E-state index in [1.807, 2.05) is 46.2 Å². The van der Waals surface area contributed by atoms with Crippen molar-refractivity contribution in [3.05, 3.63) is 60.2 Å².